The average Bonchev–Trinajstić information content (AvgIpc) is 3.19. The largest absolute Gasteiger partial charge is 0.338 e. The molecule has 30 heavy (non-hydrogen) atoms. The molecule has 0 unspecified atom stereocenters. The lowest BCUT2D eigenvalue weighted by Crippen LogP contribution is -2.13. The van der Waals surface area contributed by atoms with Crippen LogP contribution in [0.1, 0.15) is 47.9 Å². The number of nitrogens with one attached hydrogen (secondary N) is 1. The highest BCUT2D eigenvalue weighted by Crippen LogP contribution is 2.23. The smallest absolute Gasteiger partial charge is 0.236 e. The number of nitrogens with zero attached hydrogens (tertiary/aromatic N) is 2. The van der Waals surface area contributed by atoms with Gasteiger partial charge in [0, 0.05) is 17.7 Å². The van der Waals surface area contributed by atoms with Crippen molar-refractivity contribution in [2.24, 2.45) is 0 Å². The number of carbonyl (C=O) groups excluding carboxylic acids is 1. The topological polar surface area (TPSA) is 68.0 Å². The molecule has 0 spiro atoms. The Balaban J connectivity index is 1.40. The van der Waals surface area contributed by atoms with Gasteiger partial charge in [0.1, 0.15) is 0 Å². The Hall–Kier alpha value is -2.60. The molecule has 1 amide bonds. The van der Waals surface area contributed by atoms with Gasteiger partial charge in [-0.2, -0.15) is 16.7 Å². The number of benzene rings is 2. The molecule has 0 aliphatic rings. The van der Waals surface area contributed by atoms with E-state index in [-0.39, 0.29) is 5.91 Å². The lowest BCUT2D eigenvalue weighted by molar-refractivity contribution is -0.116. The normalized spacial score (nSPS) is 10.9. The number of aromatic nitrogens is 2. The highest BCUT2D eigenvalue weighted by molar-refractivity contribution is 7.98. The van der Waals surface area contributed by atoms with Crippen LogP contribution in [0.5, 0.6) is 0 Å². The van der Waals surface area contributed by atoms with Crippen molar-refractivity contribution in [3.05, 3.63) is 64.5 Å². The fraction of sp³-hybridized carbons (Fsp3) is 0.375. The van der Waals surface area contributed by atoms with Gasteiger partial charge in [-0.25, -0.2) is 0 Å². The Kier molecular flexibility index (Phi) is 7.69. The van der Waals surface area contributed by atoms with Gasteiger partial charge in [-0.15, -0.1) is 0 Å². The van der Waals surface area contributed by atoms with E-state index in [0.29, 0.717) is 23.9 Å². The van der Waals surface area contributed by atoms with E-state index in [1.54, 1.807) is 11.8 Å². The van der Waals surface area contributed by atoms with Gasteiger partial charge in [0.05, 0.1) is 5.75 Å². The summed E-state index contributed by atoms with van der Waals surface area (Å²) in [5.41, 5.74) is 6.60. The molecule has 0 atom stereocenters. The van der Waals surface area contributed by atoms with Crippen LogP contribution in [0.15, 0.2) is 40.9 Å². The van der Waals surface area contributed by atoms with Crippen LogP contribution in [0.2, 0.25) is 0 Å². The average molecular weight is 424 g/mol. The van der Waals surface area contributed by atoms with Crippen LogP contribution in [-0.2, 0) is 17.0 Å². The minimum atomic E-state index is 0.0567. The molecule has 6 heteroatoms. The maximum atomic E-state index is 12.3. The molecule has 1 N–H and O–H groups in total. The Morgan fingerprint density at radius 3 is 2.47 bits per heavy atom. The highest BCUT2D eigenvalue weighted by atomic mass is 32.2. The van der Waals surface area contributed by atoms with E-state index in [2.05, 4.69) is 53.6 Å². The van der Waals surface area contributed by atoms with Gasteiger partial charge in [-0.3, -0.25) is 4.79 Å². The highest BCUT2D eigenvalue weighted by Gasteiger charge is 2.10. The van der Waals surface area contributed by atoms with Crippen LogP contribution in [0, 0.1) is 20.8 Å². The SMILES string of the molecule is CCc1ccc(-c2noc(CSCCCC(=O)Nc3c(C)cc(C)cc3C)n2)cc1. The molecule has 0 bridgehead atoms. The Bertz CT molecular complexity index is 973. The summed E-state index contributed by atoms with van der Waals surface area (Å²) in [4.78, 5) is 16.8. The molecule has 5 nitrogen and oxygen atoms in total. The van der Waals surface area contributed by atoms with Crippen molar-refractivity contribution in [2.45, 2.75) is 52.7 Å². The van der Waals surface area contributed by atoms with Crippen LogP contribution in [-0.4, -0.2) is 21.8 Å². The first kappa shape index (κ1) is 22.1. The summed E-state index contributed by atoms with van der Waals surface area (Å²) < 4.78 is 5.36. The summed E-state index contributed by atoms with van der Waals surface area (Å²) in [6.07, 6.45) is 2.31. The van der Waals surface area contributed by atoms with Crippen molar-refractivity contribution < 1.29 is 9.32 Å². The van der Waals surface area contributed by atoms with Crippen LogP contribution >= 0.6 is 11.8 Å². The van der Waals surface area contributed by atoms with Gasteiger partial charge in [0.15, 0.2) is 0 Å². The molecule has 0 saturated carbocycles. The van der Waals surface area contributed by atoms with E-state index in [9.17, 15) is 4.79 Å². The third kappa shape index (κ3) is 5.95. The number of hydrogen-bond donors (Lipinski definition) is 1. The van der Waals surface area contributed by atoms with E-state index in [4.69, 9.17) is 4.52 Å². The summed E-state index contributed by atoms with van der Waals surface area (Å²) in [5.74, 6) is 2.81. The molecule has 3 rings (SSSR count). The van der Waals surface area contributed by atoms with Gasteiger partial charge in [0.2, 0.25) is 17.6 Å². The summed E-state index contributed by atoms with van der Waals surface area (Å²) in [5, 5.41) is 7.13. The zero-order valence-corrected chi connectivity index (χ0v) is 18.9. The first-order valence-electron chi connectivity index (χ1n) is 10.3. The third-order valence-corrected chi connectivity index (χ3v) is 5.98. The molecular weight excluding hydrogens is 394 g/mol. The van der Waals surface area contributed by atoms with E-state index >= 15 is 0 Å². The number of aryl methyl sites for hydroxylation is 4. The Morgan fingerprint density at radius 2 is 1.80 bits per heavy atom. The number of thioether (sulfide) groups is 1. The molecule has 0 aliphatic carbocycles. The van der Waals surface area contributed by atoms with Crippen molar-refractivity contribution in [1.82, 2.24) is 10.1 Å². The molecule has 1 aromatic heterocycles. The fourth-order valence-electron chi connectivity index (χ4n) is 3.39. The zero-order valence-electron chi connectivity index (χ0n) is 18.1. The molecule has 1 heterocycles. The molecule has 3 aromatic rings. The molecular formula is C24H29N3O2S. The monoisotopic (exact) mass is 423 g/mol. The van der Waals surface area contributed by atoms with Crippen LogP contribution in [0.3, 0.4) is 0 Å². The molecule has 158 valence electrons. The first-order valence-corrected chi connectivity index (χ1v) is 11.5. The van der Waals surface area contributed by atoms with E-state index in [1.165, 1.54) is 11.1 Å². The second kappa shape index (κ2) is 10.4. The van der Waals surface area contributed by atoms with Crippen LogP contribution in [0.4, 0.5) is 5.69 Å². The second-order valence-electron chi connectivity index (χ2n) is 7.54. The van der Waals surface area contributed by atoms with Crippen molar-refractivity contribution in [3.8, 4) is 11.4 Å². The summed E-state index contributed by atoms with van der Waals surface area (Å²) in [6.45, 7) is 8.26. The molecule has 0 aliphatic heterocycles. The Labute approximate surface area is 182 Å². The van der Waals surface area contributed by atoms with Crippen molar-refractivity contribution in [3.63, 3.8) is 0 Å². The minimum absolute atomic E-state index is 0.0567. The van der Waals surface area contributed by atoms with Gasteiger partial charge in [0.25, 0.3) is 0 Å². The lowest BCUT2D eigenvalue weighted by atomic mass is 10.0. The summed E-state index contributed by atoms with van der Waals surface area (Å²) in [6, 6.07) is 12.4. The van der Waals surface area contributed by atoms with Crippen molar-refractivity contribution >= 4 is 23.4 Å². The minimum Gasteiger partial charge on any atom is -0.338 e. The number of carbonyl (C=O) groups is 1. The molecule has 2 aromatic carbocycles. The maximum Gasteiger partial charge on any atom is 0.236 e. The Morgan fingerprint density at radius 1 is 1.10 bits per heavy atom. The van der Waals surface area contributed by atoms with E-state index in [0.717, 1.165) is 41.0 Å². The second-order valence-corrected chi connectivity index (χ2v) is 8.65. The van der Waals surface area contributed by atoms with Gasteiger partial charge in [-0.1, -0.05) is 54.0 Å². The first-order chi connectivity index (χ1) is 14.5. The standard InChI is InChI=1S/C24H29N3O2S/c1-5-19-8-10-20(11-9-19)24-26-22(29-27-24)15-30-12-6-7-21(28)25-23-17(3)13-16(2)14-18(23)4/h8-11,13-14H,5-7,12,15H2,1-4H3,(H,25,28). The van der Waals surface area contributed by atoms with Gasteiger partial charge < -0.3 is 9.84 Å². The number of rotatable bonds is 9. The van der Waals surface area contributed by atoms with E-state index in [1.807, 2.05) is 26.0 Å². The van der Waals surface area contributed by atoms with Crippen LogP contribution < -0.4 is 5.32 Å². The zero-order chi connectivity index (χ0) is 21.5. The van der Waals surface area contributed by atoms with Gasteiger partial charge in [-0.05, 0) is 56.1 Å². The maximum absolute atomic E-state index is 12.3. The number of anilines is 1. The third-order valence-electron chi connectivity index (χ3n) is 4.95. The van der Waals surface area contributed by atoms with Gasteiger partial charge >= 0.3 is 0 Å². The van der Waals surface area contributed by atoms with Crippen LogP contribution in [0.25, 0.3) is 11.4 Å². The number of hydrogen-bond acceptors (Lipinski definition) is 5. The predicted molar refractivity (Wildman–Crippen MR) is 124 cm³/mol. The summed E-state index contributed by atoms with van der Waals surface area (Å²) >= 11 is 1.70. The number of amides is 1. The molecule has 0 fully saturated rings. The lowest BCUT2D eigenvalue weighted by Gasteiger charge is -2.12. The van der Waals surface area contributed by atoms with E-state index < -0.39 is 0 Å². The summed E-state index contributed by atoms with van der Waals surface area (Å²) in [7, 11) is 0. The predicted octanol–water partition coefficient (Wildman–Crippen LogP) is 5.88. The quantitative estimate of drug-likeness (QED) is 0.436. The molecule has 0 radical (unpaired) electrons. The van der Waals surface area contributed by atoms with Crippen molar-refractivity contribution in [1.29, 1.82) is 0 Å². The fourth-order valence-corrected chi connectivity index (χ4v) is 4.18. The molecule has 0 saturated heterocycles. The van der Waals surface area contributed by atoms with Crippen molar-refractivity contribution in [2.75, 3.05) is 11.1 Å².